The molecule has 100 valence electrons. The SMILES string of the molecule is CC(=O)c1ccc(C#CCNC(=O)c2ccsc2)cc1. The molecule has 0 saturated carbocycles. The summed E-state index contributed by atoms with van der Waals surface area (Å²) in [4.78, 5) is 22.7. The number of Topliss-reactive ketones (excluding diaryl/α,β-unsaturated/α-hetero) is 1. The van der Waals surface area contributed by atoms with Crippen LogP contribution in [-0.4, -0.2) is 18.2 Å². The minimum atomic E-state index is -0.118. The summed E-state index contributed by atoms with van der Waals surface area (Å²) in [6.45, 7) is 1.82. The monoisotopic (exact) mass is 283 g/mol. The van der Waals surface area contributed by atoms with Crippen molar-refractivity contribution in [2.75, 3.05) is 6.54 Å². The van der Waals surface area contributed by atoms with E-state index in [0.717, 1.165) is 5.56 Å². The number of carbonyl (C=O) groups excluding carboxylic acids is 2. The third-order valence-corrected chi connectivity index (χ3v) is 3.33. The summed E-state index contributed by atoms with van der Waals surface area (Å²) in [5.74, 6) is 5.73. The van der Waals surface area contributed by atoms with E-state index in [0.29, 0.717) is 17.7 Å². The fourth-order valence-electron chi connectivity index (χ4n) is 1.55. The van der Waals surface area contributed by atoms with Crippen LogP contribution in [-0.2, 0) is 0 Å². The van der Waals surface area contributed by atoms with Gasteiger partial charge < -0.3 is 5.32 Å². The maximum atomic E-state index is 11.6. The van der Waals surface area contributed by atoms with Crippen molar-refractivity contribution in [3.8, 4) is 11.8 Å². The van der Waals surface area contributed by atoms with Crippen LogP contribution in [0.3, 0.4) is 0 Å². The van der Waals surface area contributed by atoms with Gasteiger partial charge in [0.1, 0.15) is 0 Å². The fraction of sp³-hybridized carbons (Fsp3) is 0.125. The minimum absolute atomic E-state index is 0.0348. The lowest BCUT2D eigenvalue weighted by atomic mass is 10.1. The first-order chi connectivity index (χ1) is 9.66. The van der Waals surface area contributed by atoms with Gasteiger partial charge in [-0.15, -0.1) is 0 Å². The predicted molar refractivity (Wildman–Crippen MR) is 80.0 cm³/mol. The first-order valence-electron chi connectivity index (χ1n) is 6.07. The lowest BCUT2D eigenvalue weighted by Gasteiger charge is -1.97. The minimum Gasteiger partial charge on any atom is -0.341 e. The van der Waals surface area contributed by atoms with E-state index in [1.807, 2.05) is 5.38 Å². The highest BCUT2D eigenvalue weighted by molar-refractivity contribution is 7.08. The topological polar surface area (TPSA) is 46.2 Å². The molecular formula is C16H13NO2S. The summed E-state index contributed by atoms with van der Waals surface area (Å²) in [7, 11) is 0. The zero-order chi connectivity index (χ0) is 14.4. The smallest absolute Gasteiger partial charge is 0.252 e. The Labute approximate surface area is 121 Å². The summed E-state index contributed by atoms with van der Waals surface area (Å²) < 4.78 is 0. The number of ketones is 1. The van der Waals surface area contributed by atoms with Crippen molar-refractivity contribution in [1.82, 2.24) is 5.32 Å². The molecule has 0 radical (unpaired) electrons. The van der Waals surface area contributed by atoms with E-state index in [-0.39, 0.29) is 11.7 Å². The van der Waals surface area contributed by atoms with Gasteiger partial charge in [-0.3, -0.25) is 9.59 Å². The van der Waals surface area contributed by atoms with Crippen LogP contribution in [0.4, 0.5) is 0 Å². The van der Waals surface area contributed by atoms with Crippen LogP contribution in [0.25, 0.3) is 0 Å². The van der Waals surface area contributed by atoms with Gasteiger partial charge in [0.25, 0.3) is 5.91 Å². The van der Waals surface area contributed by atoms with Gasteiger partial charge in [-0.1, -0.05) is 24.0 Å². The summed E-state index contributed by atoms with van der Waals surface area (Å²) in [5, 5.41) is 6.38. The van der Waals surface area contributed by atoms with Gasteiger partial charge in [-0.05, 0) is 30.5 Å². The van der Waals surface area contributed by atoms with Gasteiger partial charge in [0.05, 0.1) is 12.1 Å². The van der Waals surface area contributed by atoms with E-state index in [1.54, 1.807) is 35.7 Å². The number of benzene rings is 1. The van der Waals surface area contributed by atoms with E-state index < -0.39 is 0 Å². The molecule has 1 heterocycles. The molecule has 4 heteroatoms. The second-order valence-electron chi connectivity index (χ2n) is 4.13. The molecule has 0 saturated heterocycles. The summed E-state index contributed by atoms with van der Waals surface area (Å²) >= 11 is 1.48. The van der Waals surface area contributed by atoms with Crippen molar-refractivity contribution >= 4 is 23.0 Å². The van der Waals surface area contributed by atoms with Crippen molar-refractivity contribution in [3.05, 3.63) is 57.8 Å². The molecule has 0 unspecified atom stereocenters. The van der Waals surface area contributed by atoms with Crippen molar-refractivity contribution in [3.63, 3.8) is 0 Å². The molecule has 0 bridgehead atoms. The molecular weight excluding hydrogens is 270 g/mol. The zero-order valence-corrected chi connectivity index (χ0v) is 11.8. The van der Waals surface area contributed by atoms with Gasteiger partial charge in [-0.2, -0.15) is 11.3 Å². The molecule has 0 atom stereocenters. The number of amides is 1. The van der Waals surface area contributed by atoms with Crippen LogP contribution in [0.15, 0.2) is 41.1 Å². The van der Waals surface area contributed by atoms with E-state index in [4.69, 9.17) is 0 Å². The molecule has 1 N–H and O–H groups in total. The van der Waals surface area contributed by atoms with Crippen LogP contribution >= 0.6 is 11.3 Å². The number of carbonyl (C=O) groups is 2. The number of nitrogens with one attached hydrogen (secondary N) is 1. The standard InChI is InChI=1S/C16H13NO2S/c1-12(18)14-6-4-13(5-7-14)3-2-9-17-16(19)15-8-10-20-11-15/h4-8,10-11H,9H2,1H3,(H,17,19). The van der Waals surface area contributed by atoms with Crippen LogP contribution in [0.2, 0.25) is 0 Å². The Morgan fingerprint density at radius 1 is 1.15 bits per heavy atom. The van der Waals surface area contributed by atoms with E-state index in [1.165, 1.54) is 18.3 Å². The third kappa shape index (κ3) is 3.81. The highest BCUT2D eigenvalue weighted by Gasteiger charge is 2.02. The number of rotatable bonds is 3. The molecule has 1 amide bonds. The number of thiophene rings is 1. The van der Waals surface area contributed by atoms with Gasteiger partial charge in [-0.25, -0.2) is 0 Å². The molecule has 0 spiro atoms. The van der Waals surface area contributed by atoms with Crippen LogP contribution in [0.5, 0.6) is 0 Å². The lowest BCUT2D eigenvalue weighted by molar-refractivity contribution is 0.0958. The molecule has 0 aliphatic heterocycles. The Balaban J connectivity index is 1.88. The second-order valence-corrected chi connectivity index (χ2v) is 4.91. The maximum absolute atomic E-state index is 11.6. The lowest BCUT2D eigenvalue weighted by Crippen LogP contribution is -2.22. The summed E-state index contributed by atoms with van der Waals surface area (Å²) in [5.41, 5.74) is 2.14. The van der Waals surface area contributed by atoms with E-state index >= 15 is 0 Å². The Morgan fingerprint density at radius 3 is 2.50 bits per heavy atom. The molecule has 0 aliphatic rings. The van der Waals surface area contributed by atoms with Gasteiger partial charge >= 0.3 is 0 Å². The summed E-state index contributed by atoms with van der Waals surface area (Å²) in [6.07, 6.45) is 0. The Bertz CT molecular complexity index is 661. The maximum Gasteiger partial charge on any atom is 0.252 e. The van der Waals surface area contributed by atoms with E-state index in [9.17, 15) is 9.59 Å². The van der Waals surface area contributed by atoms with Gasteiger partial charge in [0.15, 0.2) is 5.78 Å². The zero-order valence-electron chi connectivity index (χ0n) is 11.0. The average molecular weight is 283 g/mol. The van der Waals surface area contributed by atoms with E-state index in [2.05, 4.69) is 17.2 Å². The largest absolute Gasteiger partial charge is 0.341 e. The quantitative estimate of drug-likeness (QED) is 0.695. The molecule has 0 aliphatic carbocycles. The second kappa shape index (κ2) is 6.69. The molecule has 3 nitrogen and oxygen atoms in total. The molecule has 1 aromatic carbocycles. The molecule has 20 heavy (non-hydrogen) atoms. The molecule has 2 rings (SSSR count). The molecule has 2 aromatic rings. The van der Waals surface area contributed by atoms with Crippen LogP contribution < -0.4 is 5.32 Å². The van der Waals surface area contributed by atoms with Crippen LogP contribution in [0.1, 0.15) is 33.2 Å². The molecule has 1 aromatic heterocycles. The molecule has 0 fully saturated rings. The van der Waals surface area contributed by atoms with Crippen molar-refractivity contribution in [2.45, 2.75) is 6.92 Å². The number of hydrogen-bond acceptors (Lipinski definition) is 3. The first kappa shape index (κ1) is 14.0. The van der Waals surface area contributed by atoms with Gasteiger partial charge in [0, 0.05) is 16.5 Å². The van der Waals surface area contributed by atoms with Crippen LogP contribution in [0, 0.1) is 11.8 Å². The average Bonchev–Trinajstić information content (AvgIpc) is 2.98. The van der Waals surface area contributed by atoms with Crippen molar-refractivity contribution in [1.29, 1.82) is 0 Å². The highest BCUT2D eigenvalue weighted by Crippen LogP contribution is 2.05. The summed E-state index contributed by atoms with van der Waals surface area (Å²) in [6, 6.07) is 8.86. The Kier molecular flexibility index (Phi) is 4.70. The predicted octanol–water partition coefficient (Wildman–Crippen LogP) is 2.73. The van der Waals surface area contributed by atoms with Crippen molar-refractivity contribution < 1.29 is 9.59 Å². The Morgan fingerprint density at radius 2 is 1.90 bits per heavy atom. The third-order valence-electron chi connectivity index (χ3n) is 2.64. The normalized spacial score (nSPS) is 9.45. The number of hydrogen-bond donors (Lipinski definition) is 1. The highest BCUT2D eigenvalue weighted by atomic mass is 32.1. The Hall–Kier alpha value is -2.38. The first-order valence-corrected chi connectivity index (χ1v) is 7.01. The fourth-order valence-corrected chi connectivity index (χ4v) is 2.19. The van der Waals surface area contributed by atoms with Crippen molar-refractivity contribution in [2.24, 2.45) is 0 Å². The van der Waals surface area contributed by atoms with Gasteiger partial charge in [0.2, 0.25) is 0 Å².